The van der Waals surface area contributed by atoms with Crippen molar-refractivity contribution in [1.82, 2.24) is 0 Å². The van der Waals surface area contributed by atoms with Gasteiger partial charge in [-0.05, 0) is 22.9 Å². The van der Waals surface area contributed by atoms with E-state index in [0.29, 0.717) is 5.69 Å². The van der Waals surface area contributed by atoms with Crippen LogP contribution < -0.4 is 5.32 Å². The van der Waals surface area contributed by atoms with Gasteiger partial charge in [0.1, 0.15) is 5.69 Å². The quantitative estimate of drug-likeness (QED) is 0.479. The molecule has 0 heterocycles. The maximum absolute atomic E-state index is 11.0. The Bertz CT molecular complexity index is 745. The normalized spacial score (nSPS) is 10.0. The molecule has 0 radical (unpaired) electrons. The van der Waals surface area contributed by atoms with E-state index in [4.69, 9.17) is 5.11 Å². The molecule has 0 aliphatic rings. The molecule has 0 fully saturated rings. The Hall–Kier alpha value is -3.29. The Morgan fingerprint density at radius 2 is 2.00 bits per heavy atom. The van der Waals surface area contributed by atoms with Crippen LogP contribution in [0.25, 0.3) is 0 Å². The predicted molar refractivity (Wildman–Crippen MR) is 79.6 cm³/mol. The minimum atomic E-state index is -1.09. The molecule has 0 saturated carbocycles. The van der Waals surface area contributed by atoms with Crippen LogP contribution in [-0.4, -0.2) is 16.0 Å². The number of benzene rings is 2. The highest BCUT2D eigenvalue weighted by Gasteiger charge is 2.13. The molecule has 2 aromatic rings. The molecule has 2 N–H and O–H groups in total. The van der Waals surface area contributed by atoms with Crippen LogP contribution in [0.1, 0.15) is 5.56 Å². The van der Waals surface area contributed by atoms with E-state index >= 15 is 0 Å². The second kappa shape index (κ2) is 6.44. The zero-order valence-electron chi connectivity index (χ0n) is 11.2. The third kappa shape index (κ3) is 3.42. The van der Waals surface area contributed by atoms with Crippen LogP contribution in [0.4, 0.5) is 22.7 Å². The number of carbonyl (C=O) groups is 1. The lowest BCUT2D eigenvalue weighted by Gasteiger charge is -2.10. The molecular formula is C14H11N3O5. The van der Waals surface area contributed by atoms with Gasteiger partial charge in [-0.25, -0.2) is 0 Å². The van der Waals surface area contributed by atoms with Gasteiger partial charge >= 0.3 is 5.97 Å². The first-order valence-corrected chi connectivity index (χ1v) is 6.20. The highest BCUT2D eigenvalue weighted by Crippen LogP contribution is 2.32. The number of nitro benzene ring substituents is 1. The number of nitroso groups, excluding NO2 is 1. The molecule has 0 aliphatic carbocycles. The van der Waals surface area contributed by atoms with E-state index < -0.39 is 10.9 Å². The average Bonchev–Trinajstić information content (AvgIpc) is 2.47. The van der Waals surface area contributed by atoms with Crippen molar-refractivity contribution in [3.05, 3.63) is 63.0 Å². The third-order valence-corrected chi connectivity index (χ3v) is 2.89. The number of nitro groups is 1. The summed E-state index contributed by atoms with van der Waals surface area (Å²) in [6.07, 6.45) is -0.342. The molecule has 0 aliphatic heterocycles. The van der Waals surface area contributed by atoms with Crippen LogP contribution in [-0.2, 0) is 11.2 Å². The summed E-state index contributed by atoms with van der Waals surface area (Å²) < 4.78 is 0. The zero-order chi connectivity index (χ0) is 16.1. The van der Waals surface area contributed by atoms with Gasteiger partial charge in [0.25, 0.3) is 5.69 Å². The van der Waals surface area contributed by atoms with Crippen molar-refractivity contribution in [2.75, 3.05) is 5.32 Å². The molecule has 112 valence electrons. The number of nitrogens with one attached hydrogen (secondary N) is 1. The molecule has 2 aromatic carbocycles. The molecule has 8 heteroatoms. The predicted octanol–water partition coefficient (Wildman–Crippen LogP) is 3.36. The molecule has 0 amide bonds. The number of anilines is 2. The van der Waals surface area contributed by atoms with Gasteiger partial charge in [0, 0.05) is 17.8 Å². The summed E-state index contributed by atoms with van der Waals surface area (Å²) in [5.41, 5.74) is 0.808. The van der Waals surface area contributed by atoms with Gasteiger partial charge in [0.2, 0.25) is 0 Å². The van der Waals surface area contributed by atoms with Crippen molar-refractivity contribution in [3.8, 4) is 0 Å². The smallest absolute Gasteiger partial charge is 0.307 e. The topological polar surface area (TPSA) is 122 Å². The van der Waals surface area contributed by atoms with Crippen LogP contribution in [0.5, 0.6) is 0 Å². The summed E-state index contributed by atoms with van der Waals surface area (Å²) in [5.74, 6) is -1.09. The minimum Gasteiger partial charge on any atom is -0.481 e. The Morgan fingerprint density at radius 3 is 2.64 bits per heavy atom. The molecule has 0 spiro atoms. The van der Waals surface area contributed by atoms with Crippen LogP contribution in [0.2, 0.25) is 0 Å². The molecule has 0 atom stereocenters. The minimum absolute atomic E-state index is 0.0311. The molecule has 22 heavy (non-hydrogen) atoms. The second-order valence-corrected chi connectivity index (χ2v) is 4.41. The molecule has 0 saturated heterocycles. The summed E-state index contributed by atoms with van der Waals surface area (Å²) in [4.78, 5) is 32.0. The van der Waals surface area contributed by atoms with E-state index in [1.54, 1.807) is 18.2 Å². The SMILES string of the molecule is O=Nc1c(CC(=O)O)cccc1Nc1cccc([N+](=O)[O-])c1. The van der Waals surface area contributed by atoms with Gasteiger partial charge < -0.3 is 10.4 Å². The van der Waals surface area contributed by atoms with Crippen LogP contribution in [0.15, 0.2) is 47.6 Å². The standard InChI is InChI=1S/C14H11N3O5/c18-13(19)7-9-3-1-6-12(14(9)16-20)15-10-4-2-5-11(8-10)17(21)22/h1-6,8,15H,7H2,(H,18,19). The largest absolute Gasteiger partial charge is 0.481 e. The number of aliphatic carboxylic acids is 1. The van der Waals surface area contributed by atoms with E-state index in [9.17, 15) is 19.8 Å². The fraction of sp³-hybridized carbons (Fsp3) is 0.0714. The Morgan fingerprint density at radius 1 is 1.27 bits per heavy atom. The lowest BCUT2D eigenvalue weighted by Crippen LogP contribution is -2.01. The number of rotatable bonds is 6. The maximum Gasteiger partial charge on any atom is 0.307 e. The molecule has 0 bridgehead atoms. The van der Waals surface area contributed by atoms with E-state index in [1.807, 2.05) is 0 Å². The van der Waals surface area contributed by atoms with Crippen molar-refractivity contribution in [2.24, 2.45) is 5.18 Å². The number of hydrogen-bond donors (Lipinski definition) is 2. The average molecular weight is 301 g/mol. The molecule has 8 nitrogen and oxygen atoms in total. The van der Waals surface area contributed by atoms with Crippen molar-refractivity contribution in [1.29, 1.82) is 0 Å². The highest BCUT2D eigenvalue weighted by molar-refractivity contribution is 5.80. The molecule has 0 aromatic heterocycles. The monoisotopic (exact) mass is 301 g/mol. The first-order valence-electron chi connectivity index (χ1n) is 6.20. The number of nitrogens with zero attached hydrogens (tertiary/aromatic N) is 2. The summed E-state index contributed by atoms with van der Waals surface area (Å²) in [5, 5.41) is 25.3. The summed E-state index contributed by atoms with van der Waals surface area (Å²) >= 11 is 0. The molecule has 0 unspecified atom stereocenters. The Kier molecular flexibility index (Phi) is 4.42. The first-order chi connectivity index (χ1) is 10.5. The number of non-ortho nitro benzene ring substituents is 1. The van der Waals surface area contributed by atoms with Crippen molar-refractivity contribution in [2.45, 2.75) is 6.42 Å². The van der Waals surface area contributed by atoms with E-state index in [1.165, 1.54) is 24.3 Å². The summed E-state index contributed by atoms with van der Waals surface area (Å²) in [7, 11) is 0. The molecule has 2 rings (SSSR count). The second-order valence-electron chi connectivity index (χ2n) is 4.41. The van der Waals surface area contributed by atoms with Gasteiger partial charge in [0.15, 0.2) is 0 Å². The summed E-state index contributed by atoms with van der Waals surface area (Å²) in [6, 6.07) is 10.3. The van der Waals surface area contributed by atoms with Gasteiger partial charge in [-0.1, -0.05) is 18.2 Å². The van der Waals surface area contributed by atoms with Crippen molar-refractivity contribution >= 4 is 28.7 Å². The fourth-order valence-electron chi connectivity index (χ4n) is 1.96. The fourth-order valence-corrected chi connectivity index (χ4v) is 1.96. The van der Waals surface area contributed by atoms with Crippen molar-refractivity contribution in [3.63, 3.8) is 0 Å². The van der Waals surface area contributed by atoms with Gasteiger partial charge in [0.05, 0.1) is 17.0 Å². The summed E-state index contributed by atoms with van der Waals surface area (Å²) in [6.45, 7) is 0. The van der Waals surface area contributed by atoms with Crippen LogP contribution >= 0.6 is 0 Å². The maximum atomic E-state index is 11.0. The van der Waals surface area contributed by atoms with Gasteiger partial charge in [-0.2, -0.15) is 0 Å². The lowest BCUT2D eigenvalue weighted by atomic mass is 10.1. The lowest BCUT2D eigenvalue weighted by molar-refractivity contribution is -0.384. The van der Waals surface area contributed by atoms with Crippen LogP contribution in [0.3, 0.4) is 0 Å². The van der Waals surface area contributed by atoms with Crippen molar-refractivity contribution < 1.29 is 14.8 Å². The zero-order valence-corrected chi connectivity index (χ0v) is 11.2. The van der Waals surface area contributed by atoms with E-state index in [0.717, 1.165) is 0 Å². The number of carboxylic acids is 1. The van der Waals surface area contributed by atoms with E-state index in [2.05, 4.69) is 10.5 Å². The first kappa shape index (κ1) is 15.1. The van der Waals surface area contributed by atoms with Gasteiger partial charge in [-0.3, -0.25) is 14.9 Å². The van der Waals surface area contributed by atoms with E-state index in [-0.39, 0.29) is 29.0 Å². The third-order valence-electron chi connectivity index (χ3n) is 2.89. The number of hydrogen-bond acceptors (Lipinski definition) is 6. The Balaban J connectivity index is 2.37. The number of carboxylic acid groups (broad SMARTS) is 1. The molecular weight excluding hydrogens is 290 g/mol. The van der Waals surface area contributed by atoms with Crippen LogP contribution in [0, 0.1) is 15.0 Å². The van der Waals surface area contributed by atoms with Gasteiger partial charge in [-0.15, -0.1) is 4.91 Å². The Labute approximate surface area is 124 Å². The highest BCUT2D eigenvalue weighted by atomic mass is 16.6.